The fourth-order valence-corrected chi connectivity index (χ4v) is 3.00. The molecule has 3 aromatic rings. The van der Waals surface area contributed by atoms with Gasteiger partial charge in [-0.2, -0.15) is 9.61 Å². The van der Waals surface area contributed by atoms with E-state index in [0.29, 0.717) is 0 Å². The van der Waals surface area contributed by atoms with Gasteiger partial charge >= 0.3 is 0 Å². The Balaban J connectivity index is 1.78. The Bertz CT molecular complexity index is 851. The SMILES string of the molecule is COc1ccc(-c2cc3nc(C)cc(N4CCOCC4)n3n2)cc1. The van der Waals surface area contributed by atoms with Crippen molar-refractivity contribution in [3.63, 3.8) is 0 Å². The standard InChI is InChI=1S/C18H20N4O2/c1-13-11-18(21-7-9-24-10-8-21)22-17(19-13)12-16(20-22)14-3-5-15(23-2)6-4-14/h3-6,11-12H,7-10H2,1-2H3. The number of hydrogen-bond donors (Lipinski definition) is 0. The molecule has 0 spiro atoms. The van der Waals surface area contributed by atoms with Crippen LogP contribution in [0, 0.1) is 6.92 Å². The zero-order valence-electron chi connectivity index (χ0n) is 13.9. The van der Waals surface area contributed by atoms with Crippen LogP contribution in [0.3, 0.4) is 0 Å². The van der Waals surface area contributed by atoms with Gasteiger partial charge in [0.2, 0.25) is 0 Å². The van der Waals surface area contributed by atoms with Crippen molar-refractivity contribution in [2.45, 2.75) is 6.92 Å². The smallest absolute Gasteiger partial charge is 0.158 e. The van der Waals surface area contributed by atoms with Crippen LogP contribution in [0.1, 0.15) is 5.69 Å². The minimum absolute atomic E-state index is 0.746. The first-order valence-electron chi connectivity index (χ1n) is 8.09. The fourth-order valence-electron chi connectivity index (χ4n) is 3.00. The largest absolute Gasteiger partial charge is 0.497 e. The van der Waals surface area contributed by atoms with Gasteiger partial charge in [0.25, 0.3) is 0 Å². The molecule has 0 bridgehead atoms. The van der Waals surface area contributed by atoms with E-state index in [2.05, 4.69) is 16.0 Å². The molecule has 1 aromatic carbocycles. The molecule has 6 heteroatoms. The number of morpholine rings is 1. The van der Waals surface area contributed by atoms with Crippen molar-refractivity contribution >= 4 is 11.5 Å². The summed E-state index contributed by atoms with van der Waals surface area (Å²) in [5.41, 5.74) is 3.81. The summed E-state index contributed by atoms with van der Waals surface area (Å²) in [6.07, 6.45) is 0. The first-order chi connectivity index (χ1) is 11.7. The Morgan fingerprint density at radius 1 is 1.08 bits per heavy atom. The second-order valence-corrected chi connectivity index (χ2v) is 5.88. The van der Waals surface area contributed by atoms with E-state index in [-0.39, 0.29) is 0 Å². The van der Waals surface area contributed by atoms with Crippen LogP contribution >= 0.6 is 0 Å². The van der Waals surface area contributed by atoms with Crippen molar-refractivity contribution in [1.29, 1.82) is 0 Å². The molecule has 1 fully saturated rings. The van der Waals surface area contributed by atoms with Gasteiger partial charge < -0.3 is 14.4 Å². The first kappa shape index (κ1) is 15.0. The van der Waals surface area contributed by atoms with Crippen molar-refractivity contribution in [1.82, 2.24) is 14.6 Å². The Morgan fingerprint density at radius 3 is 2.54 bits per heavy atom. The lowest BCUT2D eigenvalue weighted by atomic mass is 10.1. The van der Waals surface area contributed by atoms with E-state index in [1.807, 2.05) is 41.8 Å². The molecule has 0 aliphatic carbocycles. The Labute approximate surface area is 140 Å². The molecule has 1 aliphatic heterocycles. The molecule has 1 saturated heterocycles. The highest BCUT2D eigenvalue weighted by Gasteiger charge is 2.17. The maximum atomic E-state index is 5.46. The highest BCUT2D eigenvalue weighted by molar-refractivity contribution is 5.66. The molecule has 6 nitrogen and oxygen atoms in total. The summed E-state index contributed by atoms with van der Waals surface area (Å²) in [4.78, 5) is 6.93. The number of rotatable bonds is 3. The summed E-state index contributed by atoms with van der Waals surface area (Å²) in [6.45, 7) is 5.25. The normalized spacial score (nSPS) is 15.0. The summed E-state index contributed by atoms with van der Waals surface area (Å²) in [6, 6.07) is 12.0. The number of methoxy groups -OCH3 is 1. The van der Waals surface area contributed by atoms with E-state index in [1.165, 1.54) is 0 Å². The molecular formula is C18H20N4O2. The minimum atomic E-state index is 0.746. The van der Waals surface area contributed by atoms with Gasteiger partial charge in [0, 0.05) is 36.5 Å². The summed E-state index contributed by atoms with van der Waals surface area (Å²) >= 11 is 0. The lowest BCUT2D eigenvalue weighted by Gasteiger charge is -2.29. The second-order valence-electron chi connectivity index (χ2n) is 5.88. The molecule has 3 heterocycles. The maximum absolute atomic E-state index is 5.46. The van der Waals surface area contributed by atoms with Crippen LogP contribution in [-0.4, -0.2) is 48.0 Å². The first-order valence-corrected chi connectivity index (χ1v) is 8.09. The number of benzene rings is 1. The van der Waals surface area contributed by atoms with Gasteiger partial charge in [0.1, 0.15) is 11.6 Å². The Morgan fingerprint density at radius 2 is 1.83 bits per heavy atom. The molecule has 0 unspecified atom stereocenters. The van der Waals surface area contributed by atoms with Gasteiger partial charge in [-0.3, -0.25) is 0 Å². The summed E-state index contributed by atoms with van der Waals surface area (Å²) < 4.78 is 12.6. The molecule has 2 aromatic heterocycles. The minimum Gasteiger partial charge on any atom is -0.497 e. The van der Waals surface area contributed by atoms with E-state index >= 15 is 0 Å². The van der Waals surface area contributed by atoms with Crippen molar-refractivity contribution < 1.29 is 9.47 Å². The van der Waals surface area contributed by atoms with Crippen LogP contribution in [0.25, 0.3) is 16.9 Å². The lowest BCUT2D eigenvalue weighted by molar-refractivity contribution is 0.122. The summed E-state index contributed by atoms with van der Waals surface area (Å²) in [5, 5.41) is 4.79. The Hall–Kier alpha value is -2.60. The molecule has 0 amide bonds. The third kappa shape index (κ3) is 2.69. The maximum Gasteiger partial charge on any atom is 0.158 e. The van der Waals surface area contributed by atoms with Gasteiger partial charge in [0.05, 0.1) is 26.0 Å². The molecule has 0 atom stereocenters. The monoisotopic (exact) mass is 324 g/mol. The van der Waals surface area contributed by atoms with Crippen molar-refractivity contribution in [3.8, 4) is 17.0 Å². The van der Waals surface area contributed by atoms with Crippen LogP contribution < -0.4 is 9.64 Å². The molecule has 1 aliphatic rings. The van der Waals surface area contributed by atoms with Crippen molar-refractivity contribution in [3.05, 3.63) is 42.1 Å². The summed E-state index contributed by atoms with van der Waals surface area (Å²) in [5.74, 6) is 1.91. The van der Waals surface area contributed by atoms with E-state index < -0.39 is 0 Å². The predicted molar refractivity (Wildman–Crippen MR) is 92.7 cm³/mol. The van der Waals surface area contributed by atoms with Crippen LogP contribution in [-0.2, 0) is 4.74 Å². The average molecular weight is 324 g/mol. The lowest BCUT2D eigenvalue weighted by Crippen LogP contribution is -2.37. The Kier molecular flexibility index (Phi) is 3.82. The van der Waals surface area contributed by atoms with E-state index in [0.717, 1.165) is 60.5 Å². The number of anilines is 1. The number of aromatic nitrogens is 3. The highest BCUT2D eigenvalue weighted by atomic mass is 16.5. The molecule has 124 valence electrons. The van der Waals surface area contributed by atoms with Crippen molar-refractivity contribution in [2.75, 3.05) is 38.3 Å². The summed E-state index contributed by atoms with van der Waals surface area (Å²) in [7, 11) is 1.67. The number of hydrogen-bond acceptors (Lipinski definition) is 5. The van der Waals surface area contributed by atoms with E-state index in [4.69, 9.17) is 14.6 Å². The zero-order valence-corrected chi connectivity index (χ0v) is 13.9. The van der Waals surface area contributed by atoms with Gasteiger partial charge in [-0.05, 0) is 31.2 Å². The molecule has 24 heavy (non-hydrogen) atoms. The number of fused-ring (bicyclic) bond motifs is 1. The highest BCUT2D eigenvalue weighted by Crippen LogP contribution is 2.25. The van der Waals surface area contributed by atoms with E-state index in [9.17, 15) is 0 Å². The average Bonchev–Trinajstić information content (AvgIpc) is 3.05. The fraction of sp³-hybridized carbons (Fsp3) is 0.333. The quantitative estimate of drug-likeness (QED) is 0.741. The van der Waals surface area contributed by atoms with Crippen LogP contribution in [0.2, 0.25) is 0 Å². The molecule has 0 saturated carbocycles. The van der Waals surface area contributed by atoms with Crippen molar-refractivity contribution in [2.24, 2.45) is 0 Å². The number of nitrogens with zero attached hydrogens (tertiary/aromatic N) is 4. The number of aryl methyl sites for hydroxylation is 1. The molecule has 0 radical (unpaired) electrons. The third-order valence-corrected chi connectivity index (χ3v) is 4.26. The van der Waals surface area contributed by atoms with Gasteiger partial charge in [-0.15, -0.1) is 0 Å². The van der Waals surface area contributed by atoms with Gasteiger partial charge in [-0.25, -0.2) is 4.98 Å². The second kappa shape index (κ2) is 6.13. The molecular weight excluding hydrogens is 304 g/mol. The van der Waals surface area contributed by atoms with Gasteiger partial charge in [-0.1, -0.05) is 0 Å². The van der Waals surface area contributed by atoms with Crippen LogP contribution in [0.15, 0.2) is 36.4 Å². The van der Waals surface area contributed by atoms with E-state index in [1.54, 1.807) is 7.11 Å². The zero-order chi connectivity index (χ0) is 16.5. The third-order valence-electron chi connectivity index (χ3n) is 4.26. The topological polar surface area (TPSA) is 51.9 Å². The number of ether oxygens (including phenoxy) is 2. The van der Waals surface area contributed by atoms with Gasteiger partial charge in [0.15, 0.2) is 5.65 Å². The predicted octanol–water partition coefficient (Wildman–Crippen LogP) is 2.55. The van der Waals surface area contributed by atoms with Crippen LogP contribution in [0.4, 0.5) is 5.82 Å². The van der Waals surface area contributed by atoms with Crippen LogP contribution in [0.5, 0.6) is 5.75 Å². The molecule has 4 rings (SSSR count). The molecule has 0 N–H and O–H groups in total.